The van der Waals surface area contributed by atoms with Crippen LogP contribution in [0, 0.1) is 13.8 Å². The van der Waals surface area contributed by atoms with Gasteiger partial charge in [0.1, 0.15) is 5.75 Å². The van der Waals surface area contributed by atoms with E-state index < -0.39 is 6.29 Å². The summed E-state index contributed by atoms with van der Waals surface area (Å²) in [6, 6.07) is 1.98. The van der Waals surface area contributed by atoms with Crippen LogP contribution in [-0.4, -0.2) is 15.3 Å². The second-order valence-corrected chi connectivity index (χ2v) is 5.72. The molecule has 3 rings (SSSR count). The predicted octanol–water partition coefficient (Wildman–Crippen LogP) is 3.37. The summed E-state index contributed by atoms with van der Waals surface area (Å²) >= 11 is 0. The molecule has 1 atom stereocenters. The molecule has 1 unspecified atom stereocenters. The van der Waals surface area contributed by atoms with E-state index in [9.17, 15) is 15.3 Å². The molecule has 1 heterocycles. The molecule has 0 fully saturated rings. The second-order valence-electron chi connectivity index (χ2n) is 5.72. The van der Waals surface area contributed by atoms with Gasteiger partial charge in [0.05, 0.1) is 5.56 Å². The van der Waals surface area contributed by atoms with Gasteiger partial charge in [-0.15, -0.1) is 0 Å². The number of aliphatic hydroxyl groups is 1. The van der Waals surface area contributed by atoms with Crippen molar-refractivity contribution in [3.8, 4) is 17.2 Å². The van der Waals surface area contributed by atoms with E-state index in [1.807, 2.05) is 33.8 Å². The number of aliphatic hydroxyl groups excluding tert-OH is 1. The number of aryl methyl sites for hydroxylation is 1. The lowest BCUT2D eigenvalue weighted by Gasteiger charge is -2.16. The minimum atomic E-state index is -1.24. The van der Waals surface area contributed by atoms with Crippen molar-refractivity contribution in [3.05, 3.63) is 28.3 Å². The Morgan fingerprint density at radius 1 is 1.15 bits per heavy atom. The van der Waals surface area contributed by atoms with E-state index in [1.165, 1.54) is 0 Å². The maximum Gasteiger partial charge on any atom is 0.228 e. The number of aromatic hydroxyl groups is 2. The Labute approximate surface area is 117 Å². The van der Waals surface area contributed by atoms with Crippen molar-refractivity contribution in [2.45, 2.75) is 39.9 Å². The Morgan fingerprint density at radius 3 is 2.40 bits per heavy atom. The van der Waals surface area contributed by atoms with E-state index in [-0.39, 0.29) is 23.0 Å². The normalized spacial score (nSPS) is 17.0. The Morgan fingerprint density at radius 2 is 1.80 bits per heavy atom. The molecule has 106 valence electrons. The lowest BCUT2D eigenvalue weighted by atomic mass is 9.89. The molecule has 2 aromatic carbocycles. The third kappa shape index (κ3) is 1.45. The standard InChI is InChI=1S/C16H18O4/c1-6(2)10-9-5-7(3)8(4)15-11(9)12(16(19)20-15)14(18)13(10)17/h5-6,16-19H,1-4H3. The van der Waals surface area contributed by atoms with Crippen LogP contribution in [0.2, 0.25) is 0 Å². The fraction of sp³-hybridized carbons (Fsp3) is 0.375. The van der Waals surface area contributed by atoms with Gasteiger partial charge in [-0.2, -0.15) is 0 Å². The fourth-order valence-electron chi connectivity index (χ4n) is 3.01. The van der Waals surface area contributed by atoms with Gasteiger partial charge in [-0.1, -0.05) is 19.9 Å². The third-order valence-corrected chi connectivity index (χ3v) is 4.14. The summed E-state index contributed by atoms with van der Waals surface area (Å²) in [5.74, 6) is 0.194. The first-order valence-corrected chi connectivity index (χ1v) is 6.70. The Bertz CT molecular complexity index is 729. The molecule has 0 spiro atoms. The van der Waals surface area contributed by atoms with Crippen LogP contribution in [0.25, 0.3) is 10.8 Å². The highest BCUT2D eigenvalue weighted by molar-refractivity contribution is 6.01. The molecule has 1 aliphatic rings. The summed E-state index contributed by atoms with van der Waals surface area (Å²) in [5.41, 5.74) is 2.91. The molecule has 0 saturated carbocycles. The van der Waals surface area contributed by atoms with Gasteiger partial charge >= 0.3 is 0 Å². The van der Waals surface area contributed by atoms with Crippen molar-refractivity contribution >= 4 is 10.8 Å². The molecule has 4 nitrogen and oxygen atoms in total. The number of hydrogen-bond donors (Lipinski definition) is 3. The van der Waals surface area contributed by atoms with E-state index in [1.54, 1.807) is 0 Å². The minimum Gasteiger partial charge on any atom is -0.504 e. The quantitative estimate of drug-likeness (QED) is 0.697. The van der Waals surface area contributed by atoms with Crippen molar-refractivity contribution in [1.82, 2.24) is 0 Å². The third-order valence-electron chi connectivity index (χ3n) is 4.14. The highest BCUT2D eigenvalue weighted by Crippen LogP contribution is 2.53. The lowest BCUT2D eigenvalue weighted by Crippen LogP contribution is -2.00. The molecule has 0 bridgehead atoms. The van der Waals surface area contributed by atoms with Crippen molar-refractivity contribution in [2.24, 2.45) is 0 Å². The fourth-order valence-corrected chi connectivity index (χ4v) is 3.01. The summed E-state index contributed by atoms with van der Waals surface area (Å²) in [6.07, 6.45) is -1.24. The average Bonchev–Trinajstić information content (AvgIpc) is 2.71. The van der Waals surface area contributed by atoms with E-state index >= 15 is 0 Å². The summed E-state index contributed by atoms with van der Waals surface area (Å²) in [4.78, 5) is 0. The van der Waals surface area contributed by atoms with E-state index in [4.69, 9.17) is 4.74 Å². The second kappa shape index (κ2) is 4.03. The maximum atomic E-state index is 10.3. The molecule has 3 N–H and O–H groups in total. The molecule has 0 amide bonds. The molecule has 0 aliphatic carbocycles. The highest BCUT2D eigenvalue weighted by Gasteiger charge is 2.34. The average molecular weight is 274 g/mol. The zero-order valence-corrected chi connectivity index (χ0v) is 12.0. The van der Waals surface area contributed by atoms with Crippen molar-refractivity contribution in [2.75, 3.05) is 0 Å². The van der Waals surface area contributed by atoms with Crippen LogP contribution in [0.4, 0.5) is 0 Å². The number of phenolic OH excluding ortho intramolecular Hbond substituents is 2. The van der Waals surface area contributed by atoms with Crippen LogP contribution in [0.3, 0.4) is 0 Å². The van der Waals surface area contributed by atoms with Crippen LogP contribution in [0.15, 0.2) is 6.07 Å². The van der Waals surface area contributed by atoms with Crippen LogP contribution in [0.1, 0.15) is 48.3 Å². The van der Waals surface area contributed by atoms with Crippen LogP contribution >= 0.6 is 0 Å². The molecule has 2 aromatic rings. The maximum absolute atomic E-state index is 10.3. The molecule has 1 aliphatic heterocycles. The van der Waals surface area contributed by atoms with Crippen molar-refractivity contribution in [3.63, 3.8) is 0 Å². The van der Waals surface area contributed by atoms with Crippen LogP contribution < -0.4 is 4.74 Å². The lowest BCUT2D eigenvalue weighted by molar-refractivity contribution is -0.0108. The summed E-state index contributed by atoms with van der Waals surface area (Å²) in [5, 5.41) is 32.0. The van der Waals surface area contributed by atoms with Gasteiger partial charge in [-0.3, -0.25) is 0 Å². The minimum absolute atomic E-state index is 0.0441. The first-order valence-electron chi connectivity index (χ1n) is 6.70. The van der Waals surface area contributed by atoms with Gasteiger partial charge in [0, 0.05) is 10.9 Å². The summed E-state index contributed by atoms with van der Waals surface area (Å²) in [6.45, 7) is 7.80. The zero-order chi connectivity index (χ0) is 14.8. The molecule has 0 radical (unpaired) electrons. The number of benzene rings is 2. The first-order chi connectivity index (χ1) is 9.34. The Kier molecular flexibility index (Phi) is 2.63. The molecule has 4 heteroatoms. The monoisotopic (exact) mass is 274 g/mol. The zero-order valence-electron chi connectivity index (χ0n) is 12.0. The smallest absolute Gasteiger partial charge is 0.228 e. The number of ether oxygens (including phenoxy) is 1. The van der Waals surface area contributed by atoms with Crippen molar-refractivity contribution in [1.29, 1.82) is 0 Å². The van der Waals surface area contributed by atoms with E-state index in [0.29, 0.717) is 16.7 Å². The Hall–Kier alpha value is -1.94. The van der Waals surface area contributed by atoms with Crippen molar-refractivity contribution < 1.29 is 20.1 Å². The van der Waals surface area contributed by atoms with E-state index in [2.05, 4.69) is 0 Å². The van der Waals surface area contributed by atoms with Gasteiger partial charge in [-0.25, -0.2) is 0 Å². The number of rotatable bonds is 1. The summed E-state index contributed by atoms with van der Waals surface area (Å²) < 4.78 is 5.49. The Balaban J connectivity index is 2.59. The topological polar surface area (TPSA) is 69.9 Å². The molecule has 0 aromatic heterocycles. The van der Waals surface area contributed by atoms with Gasteiger partial charge < -0.3 is 20.1 Å². The van der Waals surface area contributed by atoms with Crippen LogP contribution in [-0.2, 0) is 0 Å². The number of phenols is 2. The number of hydrogen-bond acceptors (Lipinski definition) is 4. The first kappa shape index (κ1) is 13.1. The van der Waals surface area contributed by atoms with E-state index in [0.717, 1.165) is 16.5 Å². The summed E-state index contributed by atoms with van der Waals surface area (Å²) in [7, 11) is 0. The van der Waals surface area contributed by atoms with Gasteiger partial charge in [0.15, 0.2) is 11.5 Å². The SMILES string of the molecule is Cc1cc2c(C(C)C)c(O)c(O)c3c2c(c1C)OC3O. The van der Waals surface area contributed by atoms with Crippen LogP contribution in [0.5, 0.6) is 17.2 Å². The predicted molar refractivity (Wildman–Crippen MR) is 76.4 cm³/mol. The highest BCUT2D eigenvalue weighted by atomic mass is 16.6. The largest absolute Gasteiger partial charge is 0.504 e. The van der Waals surface area contributed by atoms with Gasteiger partial charge in [0.25, 0.3) is 0 Å². The molecular formula is C16H18O4. The van der Waals surface area contributed by atoms with Gasteiger partial charge in [0.2, 0.25) is 6.29 Å². The molecular weight excluding hydrogens is 256 g/mol. The van der Waals surface area contributed by atoms with Gasteiger partial charge in [-0.05, 0) is 36.3 Å². The molecule has 0 saturated heterocycles. The molecule has 20 heavy (non-hydrogen) atoms.